The van der Waals surface area contributed by atoms with Crippen LogP contribution in [-0.2, 0) is 14.3 Å². The van der Waals surface area contributed by atoms with E-state index in [1.165, 1.54) is 0 Å². The van der Waals surface area contributed by atoms with Gasteiger partial charge in [0.05, 0.1) is 0 Å². The van der Waals surface area contributed by atoms with Crippen molar-refractivity contribution in [1.82, 2.24) is 0 Å². The van der Waals surface area contributed by atoms with E-state index in [1.807, 2.05) is 20.8 Å². The van der Waals surface area contributed by atoms with E-state index in [-0.39, 0.29) is 16.7 Å². The van der Waals surface area contributed by atoms with Gasteiger partial charge in [-0.25, -0.2) is 4.79 Å². The van der Waals surface area contributed by atoms with Gasteiger partial charge in [0.2, 0.25) is 0 Å². The average molecular weight is 345 g/mol. The van der Waals surface area contributed by atoms with E-state index < -0.39 is 23.5 Å². The van der Waals surface area contributed by atoms with Gasteiger partial charge in [0.25, 0.3) is 0 Å². The Labute approximate surface area is 149 Å². The van der Waals surface area contributed by atoms with E-state index in [9.17, 15) is 9.90 Å². The molecule has 1 N–H and O–H groups in total. The lowest BCUT2D eigenvalue weighted by atomic mass is 9.69. The Morgan fingerprint density at radius 2 is 1.42 bits per heavy atom. The van der Waals surface area contributed by atoms with Gasteiger partial charge in [0.1, 0.15) is 5.60 Å². The summed E-state index contributed by atoms with van der Waals surface area (Å²) in [5.41, 5.74) is -1.84. The highest BCUT2D eigenvalue weighted by Crippen LogP contribution is 2.41. The fourth-order valence-corrected chi connectivity index (χ4v) is 2.52. The molecule has 0 heterocycles. The van der Waals surface area contributed by atoms with Crippen LogP contribution < -0.4 is 0 Å². The zero-order valence-electron chi connectivity index (χ0n) is 17.7. The molecule has 24 heavy (non-hydrogen) atoms. The van der Waals surface area contributed by atoms with E-state index in [0.717, 1.165) is 12.8 Å². The fraction of sp³-hybridized carbons (Fsp3) is 0.950. The van der Waals surface area contributed by atoms with Crippen LogP contribution in [0.5, 0.6) is 0 Å². The second-order valence-electron chi connectivity index (χ2n) is 10.2. The van der Waals surface area contributed by atoms with Crippen molar-refractivity contribution >= 4 is 5.97 Å². The van der Waals surface area contributed by atoms with Crippen molar-refractivity contribution in [2.45, 2.75) is 106 Å². The molecule has 2 atom stereocenters. The Morgan fingerprint density at radius 3 is 1.75 bits per heavy atom. The van der Waals surface area contributed by atoms with Crippen molar-refractivity contribution in [3.8, 4) is 0 Å². The molecule has 0 spiro atoms. The fourth-order valence-electron chi connectivity index (χ4n) is 2.52. The van der Waals surface area contributed by atoms with Crippen LogP contribution in [-0.4, -0.2) is 28.6 Å². The number of rotatable bonds is 7. The molecule has 0 saturated carbocycles. The molecule has 0 aliphatic rings. The Morgan fingerprint density at radius 1 is 0.958 bits per heavy atom. The molecule has 0 radical (unpaired) electrons. The zero-order chi connectivity index (χ0) is 19.6. The molecule has 0 saturated heterocycles. The first-order valence-electron chi connectivity index (χ1n) is 9.00. The smallest absolute Gasteiger partial charge is 0.338 e. The van der Waals surface area contributed by atoms with E-state index >= 15 is 0 Å². The summed E-state index contributed by atoms with van der Waals surface area (Å²) >= 11 is 0. The summed E-state index contributed by atoms with van der Waals surface area (Å²) in [5.74, 6) is -0.540. The molecular formula is C20H40O4. The predicted molar refractivity (Wildman–Crippen MR) is 98.6 cm³/mol. The number of esters is 1. The zero-order valence-corrected chi connectivity index (χ0v) is 17.7. The number of aliphatic hydroxyl groups excluding tert-OH is 1. The minimum Gasteiger partial charge on any atom is -0.458 e. The van der Waals surface area contributed by atoms with Crippen LogP contribution in [0.4, 0.5) is 0 Å². The summed E-state index contributed by atoms with van der Waals surface area (Å²) in [6, 6.07) is 0. The molecule has 0 rings (SSSR count). The van der Waals surface area contributed by atoms with Gasteiger partial charge in [0.15, 0.2) is 11.9 Å². The maximum atomic E-state index is 12.4. The monoisotopic (exact) mass is 344 g/mol. The van der Waals surface area contributed by atoms with Crippen molar-refractivity contribution in [2.24, 2.45) is 16.7 Å². The first kappa shape index (κ1) is 23.4. The molecule has 0 aliphatic heterocycles. The van der Waals surface area contributed by atoms with Gasteiger partial charge in [-0.15, -0.1) is 0 Å². The van der Waals surface area contributed by atoms with E-state index in [2.05, 4.69) is 41.5 Å². The Kier molecular flexibility index (Phi) is 7.54. The quantitative estimate of drug-likeness (QED) is 0.525. The second kappa shape index (κ2) is 7.74. The van der Waals surface area contributed by atoms with Crippen molar-refractivity contribution in [2.75, 3.05) is 0 Å². The maximum absolute atomic E-state index is 12.4. The van der Waals surface area contributed by atoms with Gasteiger partial charge < -0.3 is 14.6 Å². The van der Waals surface area contributed by atoms with Crippen LogP contribution >= 0.6 is 0 Å². The lowest BCUT2D eigenvalue weighted by molar-refractivity contribution is -0.235. The third-order valence-electron chi connectivity index (χ3n) is 4.40. The van der Waals surface area contributed by atoms with Gasteiger partial charge in [0, 0.05) is 5.92 Å². The molecule has 0 amide bonds. The maximum Gasteiger partial charge on any atom is 0.338 e. The van der Waals surface area contributed by atoms with E-state index in [4.69, 9.17) is 9.47 Å². The van der Waals surface area contributed by atoms with Gasteiger partial charge in [-0.3, -0.25) is 0 Å². The molecule has 4 nitrogen and oxygen atoms in total. The molecular weight excluding hydrogens is 304 g/mol. The lowest BCUT2D eigenvalue weighted by Crippen LogP contribution is -2.47. The van der Waals surface area contributed by atoms with Crippen LogP contribution in [0.3, 0.4) is 0 Å². The first-order valence-corrected chi connectivity index (χ1v) is 9.00. The van der Waals surface area contributed by atoms with Gasteiger partial charge in [-0.05, 0) is 51.9 Å². The number of ether oxygens (including phenoxy) is 2. The number of hydrogen-bond acceptors (Lipinski definition) is 4. The summed E-state index contributed by atoms with van der Waals surface area (Å²) < 4.78 is 11.2. The number of hydrogen-bond donors (Lipinski definition) is 1. The van der Waals surface area contributed by atoms with E-state index in [1.54, 1.807) is 13.8 Å². The topological polar surface area (TPSA) is 55.8 Å². The summed E-state index contributed by atoms with van der Waals surface area (Å²) in [7, 11) is 0. The summed E-state index contributed by atoms with van der Waals surface area (Å²) in [4.78, 5) is 12.4. The van der Waals surface area contributed by atoms with Crippen LogP contribution in [0.1, 0.15) is 89.0 Å². The normalized spacial score (nSPS) is 16.7. The van der Waals surface area contributed by atoms with Crippen molar-refractivity contribution in [3.05, 3.63) is 0 Å². The molecule has 144 valence electrons. The van der Waals surface area contributed by atoms with Crippen LogP contribution in [0, 0.1) is 16.7 Å². The highest BCUT2D eigenvalue weighted by Gasteiger charge is 2.42. The molecule has 0 aromatic rings. The summed E-state index contributed by atoms with van der Waals surface area (Å²) in [6.07, 6.45) is 0.696. The van der Waals surface area contributed by atoms with Crippen molar-refractivity contribution < 1.29 is 19.4 Å². The Hall–Kier alpha value is -0.610. The third kappa shape index (κ3) is 7.98. The van der Waals surface area contributed by atoms with Crippen LogP contribution in [0.2, 0.25) is 0 Å². The molecule has 0 fully saturated rings. The number of carbonyl (C=O) groups excluding carboxylic acids is 1. The Bertz CT molecular complexity index is 410. The molecule has 0 aromatic heterocycles. The molecule has 0 bridgehead atoms. The van der Waals surface area contributed by atoms with Crippen LogP contribution in [0.25, 0.3) is 0 Å². The standard InChI is InChI=1S/C20H40O4/c1-12-19(8,9)14(13-17(2,3)4)15(21)23-20(10,11)16(22)24-18(5,6)7/h14-15,21H,12-13H2,1-11H3. The first-order chi connectivity index (χ1) is 10.4. The van der Waals surface area contributed by atoms with E-state index in [0.29, 0.717) is 0 Å². The van der Waals surface area contributed by atoms with Crippen molar-refractivity contribution in [1.29, 1.82) is 0 Å². The highest BCUT2D eigenvalue weighted by molar-refractivity contribution is 5.78. The molecule has 4 heteroatoms. The predicted octanol–water partition coefficient (Wildman–Crippen LogP) is 4.93. The molecule has 0 aromatic carbocycles. The lowest BCUT2D eigenvalue weighted by Gasteiger charge is -2.42. The Balaban J connectivity index is 5.30. The number of carbonyl (C=O) groups is 1. The largest absolute Gasteiger partial charge is 0.458 e. The SMILES string of the molecule is CCC(C)(C)C(CC(C)(C)C)C(O)OC(C)(C)C(=O)OC(C)(C)C. The number of aliphatic hydroxyl groups is 1. The van der Waals surface area contributed by atoms with Crippen LogP contribution in [0.15, 0.2) is 0 Å². The summed E-state index contributed by atoms with van der Waals surface area (Å²) in [5, 5.41) is 10.8. The van der Waals surface area contributed by atoms with Gasteiger partial charge in [-0.1, -0.05) is 48.0 Å². The van der Waals surface area contributed by atoms with Crippen molar-refractivity contribution in [3.63, 3.8) is 0 Å². The van der Waals surface area contributed by atoms with Gasteiger partial charge in [-0.2, -0.15) is 0 Å². The third-order valence-corrected chi connectivity index (χ3v) is 4.40. The molecule has 2 unspecified atom stereocenters. The highest BCUT2D eigenvalue weighted by atomic mass is 16.6. The van der Waals surface area contributed by atoms with Gasteiger partial charge >= 0.3 is 5.97 Å². The average Bonchev–Trinajstić information content (AvgIpc) is 2.32. The minimum atomic E-state index is -1.20. The second-order valence-corrected chi connectivity index (χ2v) is 10.2. The minimum absolute atomic E-state index is 0.0531. The summed E-state index contributed by atoms with van der Waals surface area (Å²) in [6.45, 7) is 21.6. The molecule has 0 aliphatic carbocycles.